The zero-order valence-electron chi connectivity index (χ0n) is 12.9. The fourth-order valence-corrected chi connectivity index (χ4v) is 3.10. The highest BCUT2D eigenvalue weighted by atomic mass is 32.1. The molecule has 21 heavy (non-hydrogen) atoms. The topological polar surface area (TPSA) is 35.6 Å². The molecule has 0 spiro atoms. The van der Waals surface area contributed by atoms with Gasteiger partial charge < -0.3 is 5.32 Å². The molecule has 2 aliphatic rings. The maximum atomic E-state index is 12.1. The number of carbonyl (C=O) groups excluding carboxylic acids is 1. The van der Waals surface area contributed by atoms with Crippen molar-refractivity contribution in [1.82, 2.24) is 15.3 Å². The van der Waals surface area contributed by atoms with Gasteiger partial charge in [-0.3, -0.25) is 9.80 Å². The van der Waals surface area contributed by atoms with Gasteiger partial charge in [0.05, 0.1) is 0 Å². The van der Waals surface area contributed by atoms with Crippen molar-refractivity contribution in [3.05, 3.63) is 23.8 Å². The van der Waals surface area contributed by atoms with Crippen molar-refractivity contribution in [3.63, 3.8) is 0 Å². The third kappa shape index (κ3) is 4.30. The van der Waals surface area contributed by atoms with Crippen LogP contribution < -0.4 is 5.32 Å². The van der Waals surface area contributed by atoms with E-state index in [2.05, 4.69) is 18.0 Å². The number of nitrogens with zero attached hydrogens (tertiary/aromatic N) is 2. The molecule has 1 aliphatic heterocycles. The standard InChI is InChI=1S/C16H25N3OS/c1-13(2)15(20)18-11-6-12-19(18)16(21)17-10-9-14-7-4-3-5-8-14/h7H,1,3-6,8-12H2,2H3,(H,17,21). The summed E-state index contributed by atoms with van der Waals surface area (Å²) in [5.41, 5.74) is 2.09. The second-order valence-electron chi connectivity index (χ2n) is 5.78. The fourth-order valence-electron chi connectivity index (χ4n) is 2.81. The van der Waals surface area contributed by atoms with Gasteiger partial charge in [-0.25, -0.2) is 5.01 Å². The van der Waals surface area contributed by atoms with E-state index in [1.165, 1.54) is 31.3 Å². The van der Waals surface area contributed by atoms with Crippen LogP contribution in [-0.2, 0) is 4.79 Å². The molecule has 0 aromatic rings. The summed E-state index contributed by atoms with van der Waals surface area (Å²) < 4.78 is 0. The number of carbonyl (C=O) groups is 1. The Morgan fingerprint density at radius 3 is 2.76 bits per heavy atom. The Hall–Kier alpha value is -1.36. The normalized spacial score (nSPS) is 18.4. The van der Waals surface area contributed by atoms with Crippen molar-refractivity contribution >= 4 is 23.2 Å². The first-order chi connectivity index (χ1) is 10.1. The third-order valence-electron chi connectivity index (χ3n) is 3.97. The number of hydrogen-bond donors (Lipinski definition) is 1. The van der Waals surface area contributed by atoms with Crippen molar-refractivity contribution in [2.75, 3.05) is 19.6 Å². The molecule has 116 valence electrons. The van der Waals surface area contributed by atoms with Crippen molar-refractivity contribution in [3.8, 4) is 0 Å². The molecule has 1 saturated heterocycles. The number of thiocarbonyl (C=S) groups is 1. The largest absolute Gasteiger partial charge is 0.361 e. The van der Waals surface area contributed by atoms with Gasteiger partial charge in [0.25, 0.3) is 5.91 Å². The lowest BCUT2D eigenvalue weighted by Crippen LogP contribution is -2.49. The summed E-state index contributed by atoms with van der Waals surface area (Å²) in [6.07, 6.45) is 9.42. The maximum Gasteiger partial charge on any atom is 0.267 e. The molecule has 5 heteroatoms. The van der Waals surface area contributed by atoms with E-state index in [-0.39, 0.29) is 5.91 Å². The highest BCUT2D eigenvalue weighted by Crippen LogP contribution is 2.19. The first-order valence-corrected chi connectivity index (χ1v) is 8.21. The van der Waals surface area contributed by atoms with Crippen LogP contribution in [0.5, 0.6) is 0 Å². The van der Waals surface area contributed by atoms with Crippen LogP contribution in [-0.4, -0.2) is 40.7 Å². The molecule has 0 saturated carbocycles. The van der Waals surface area contributed by atoms with Gasteiger partial charge in [-0.15, -0.1) is 0 Å². The van der Waals surface area contributed by atoms with Gasteiger partial charge in [0.15, 0.2) is 5.11 Å². The van der Waals surface area contributed by atoms with Gasteiger partial charge in [-0.05, 0) is 57.7 Å². The minimum Gasteiger partial charge on any atom is -0.361 e. The fraction of sp³-hybridized carbons (Fsp3) is 0.625. The summed E-state index contributed by atoms with van der Waals surface area (Å²) in [4.78, 5) is 12.1. The molecule has 2 rings (SSSR count). The molecule has 1 fully saturated rings. The molecular weight excluding hydrogens is 282 g/mol. The summed E-state index contributed by atoms with van der Waals surface area (Å²) >= 11 is 5.44. The summed E-state index contributed by atoms with van der Waals surface area (Å²) in [5.74, 6) is -0.0355. The highest BCUT2D eigenvalue weighted by molar-refractivity contribution is 7.80. The number of hydrogen-bond acceptors (Lipinski definition) is 2. The van der Waals surface area contributed by atoms with Crippen molar-refractivity contribution in [2.45, 2.75) is 45.4 Å². The Morgan fingerprint density at radius 2 is 2.10 bits per heavy atom. The molecule has 1 aliphatic carbocycles. The SMILES string of the molecule is C=C(C)C(=O)N1CCCN1C(=S)NCCC1=CCCCC1. The second kappa shape index (κ2) is 7.59. The molecule has 0 bridgehead atoms. The van der Waals surface area contributed by atoms with Crippen LogP contribution in [0.15, 0.2) is 23.8 Å². The predicted octanol–water partition coefficient (Wildman–Crippen LogP) is 2.78. The van der Waals surface area contributed by atoms with Crippen LogP contribution in [0.1, 0.15) is 45.4 Å². The van der Waals surface area contributed by atoms with Crippen LogP contribution in [0.3, 0.4) is 0 Å². The predicted molar refractivity (Wildman–Crippen MR) is 89.6 cm³/mol. The molecule has 0 atom stereocenters. The number of nitrogens with one attached hydrogen (secondary N) is 1. The van der Waals surface area contributed by atoms with E-state index in [1.807, 2.05) is 5.01 Å². The van der Waals surface area contributed by atoms with Crippen molar-refractivity contribution < 1.29 is 4.79 Å². The first kappa shape index (κ1) is 16.0. The van der Waals surface area contributed by atoms with Gasteiger partial charge >= 0.3 is 0 Å². The molecule has 0 radical (unpaired) electrons. The van der Waals surface area contributed by atoms with E-state index in [9.17, 15) is 4.79 Å². The van der Waals surface area contributed by atoms with Crippen LogP contribution in [0.2, 0.25) is 0 Å². The van der Waals surface area contributed by atoms with Crippen LogP contribution >= 0.6 is 12.2 Å². The molecule has 4 nitrogen and oxygen atoms in total. The van der Waals surface area contributed by atoms with Gasteiger partial charge in [0.1, 0.15) is 0 Å². The number of hydrazine groups is 1. The van der Waals surface area contributed by atoms with Crippen LogP contribution in [0.4, 0.5) is 0 Å². The van der Waals surface area contributed by atoms with Gasteiger partial charge in [0, 0.05) is 25.2 Å². The lowest BCUT2D eigenvalue weighted by Gasteiger charge is -2.30. The van der Waals surface area contributed by atoms with E-state index >= 15 is 0 Å². The lowest BCUT2D eigenvalue weighted by atomic mass is 9.97. The molecule has 0 unspecified atom stereocenters. The van der Waals surface area contributed by atoms with E-state index in [0.717, 1.165) is 32.5 Å². The highest BCUT2D eigenvalue weighted by Gasteiger charge is 2.28. The number of rotatable bonds is 4. The zero-order chi connectivity index (χ0) is 15.2. The monoisotopic (exact) mass is 307 g/mol. The van der Waals surface area contributed by atoms with Gasteiger partial charge in [0.2, 0.25) is 0 Å². The Bertz CT molecular complexity index is 458. The van der Waals surface area contributed by atoms with E-state index in [1.54, 1.807) is 11.9 Å². The van der Waals surface area contributed by atoms with Crippen LogP contribution in [0.25, 0.3) is 0 Å². The van der Waals surface area contributed by atoms with E-state index in [0.29, 0.717) is 10.7 Å². The van der Waals surface area contributed by atoms with Crippen LogP contribution in [0, 0.1) is 0 Å². The van der Waals surface area contributed by atoms with Crippen molar-refractivity contribution in [1.29, 1.82) is 0 Å². The molecule has 1 N–H and O–H groups in total. The molecular formula is C16H25N3OS. The average Bonchev–Trinajstić information content (AvgIpc) is 2.96. The molecule has 0 aromatic heterocycles. The van der Waals surface area contributed by atoms with E-state index in [4.69, 9.17) is 12.2 Å². The Kier molecular flexibility index (Phi) is 5.79. The molecule has 1 heterocycles. The third-order valence-corrected chi connectivity index (χ3v) is 4.33. The number of allylic oxidation sites excluding steroid dienone is 1. The quantitative estimate of drug-likeness (QED) is 0.492. The Labute approximate surface area is 132 Å². The smallest absolute Gasteiger partial charge is 0.267 e. The first-order valence-electron chi connectivity index (χ1n) is 7.80. The summed E-state index contributed by atoms with van der Waals surface area (Å²) in [5, 5.41) is 7.52. The van der Waals surface area contributed by atoms with Crippen molar-refractivity contribution in [2.24, 2.45) is 0 Å². The molecule has 1 amide bonds. The average molecular weight is 307 g/mol. The summed E-state index contributed by atoms with van der Waals surface area (Å²) in [6, 6.07) is 0. The lowest BCUT2D eigenvalue weighted by molar-refractivity contribution is -0.134. The van der Waals surface area contributed by atoms with E-state index < -0.39 is 0 Å². The Balaban J connectivity index is 1.80. The number of amides is 1. The second-order valence-corrected chi connectivity index (χ2v) is 6.16. The summed E-state index contributed by atoms with van der Waals surface area (Å²) in [7, 11) is 0. The minimum atomic E-state index is -0.0355. The van der Waals surface area contributed by atoms with Gasteiger partial charge in [-0.1, -0.05) is 18.2 Å². The maximum absolute atomic E-state index is 12.1. The molecule has 0 aromatic carbocycles. The summed E-state index contributed by atoms with van der Waals surface area (Å²) in [6.45, 7) is 7.83. The zero-order valence-corrected chi connectivity index (χ0v) is 13.7. The Morgan fingerprint density at radius 1 is 1.33 bits per heavy atom. The van der Waals surface area contributed by atoms with Gasteiger partial charge in [-0.2, -0.15) is 0 Å². The minimum absolute atomic E-state index is 0.0355.